The molecule has 0 amide bonds. The molecule has 78 valence electrons. The van der Waals surface area contributed by atoms with Crippen molar-refractivity contribution in [2.75, 3.05) is 19.6 Å². The normalized spacial score (nSPS) is 24.0. The first-order valence-corrected chi connectivity index (χ1v) is 5.20. The summed E-state index contributed by atoms with van der Waals surface area (Å²) < 4.78 is 0. The molecule has 1 unspecified atom stereocenters. The molecule has 4 heteroatoms. The number of hydrogen-bond acceptors (Lipinski definition) is 3. The fourth-order valence-electron chi connectivity index (χ4n) is 1.94. The van der Waals surface area contributed by atoms with E-state index in [9.17, 15) is 0 Å². The first-order chi connectivity index (χ1) is 6.74. The van der Waals surface area contributed by atoms with Gasteiger partial charge in [-0.2, -0.15) is 5.10 Å². The van der Waals surface area contributed by atoms with E-state index in [2.05, 4.69) is 33.4 Å². The van der Waals surface area contributed by atoms with Gasteiger partial charge in [0.05, 0.1) is 5.69 Å². The van der Waals surface area contributed by atoms with Gasteiger partial charge in [-0.15, -0.1) is 0 Å². The maximum absolute atomic E-state index is 4.25. The summed E-state index contributed by atoms with van der Waals surface area (Å²) in [5.74, 6) is 0. The molecule has 0 radical (unpaired) electrons. The van der Waals surface area contributed by atoms with Crippen molar-refractivity contribution in [1.82, 2.24) is 20.4 Å². The molecule has 1 atom stereocenters. The van der Waals surface area contributed by atoms with Gasteiger partial charge < -0.3 is 5.32 Å². The summed E-state index contributed by atoms with van der Waals surface area (Å²) in [6, 6.07) is 2.72. The molecule has 1 saturated heterocycles. The summed E-state index contributed by atoms with van der Waals surface area (Å²) in [7, 11) is 0. The highest BCUT2D eigenvalue weighted by atomic mass is 15.2. The third-order valence-corrected chi connectivity index (χ3v) is 2.60. The van der Waals surface area contributed by atoms with Crippen molar-refractivity contribution in [3.05, 3.63) is 17.5 Å². The summed E-state index contributed by atoms with van der Waals surface area (Å²) in [6.45, 7) is 8.56. The van der Waals surface area contributed by atoms with Crippen molar-refractivity contribution < 1.29 is 0 Å². The van der Waals surface area contributed by atoms with Crippen molar-refractivity contribution in [2.45, 2.75) is 26.4 Å². The number of piperazine rings is 1. The number of aromatic amines is 1. The van der Waals surface area contributed by atoms with Crippen LogP contribution in [-0.4, -0.2) is 40.8 Å². The molecule has 1 fully saturated rings. The molecular weight excluding hydrogens is 176 g/mol. The molecule has 0 spiro atoms. The Labute approximate surface area is 84.7 Å². The summed E-state index contributed by atoms with van der Waals surface area (Å²) in [5.41, 5.74) is 2.29. The average molecular weight is 194 g/mol. The lowest BCUT2D eigenvalue weighted by Crippen LogP contribution is -2.48. The van der Waals surface area contributed by atoms with Gasteiger partial charge in [-0.3, -0.25) is 10.00 Å². The van der Waals surface area contributed by atoms with E-state index in [-0.39, 0.29) is 0 Å². The number of aromatic nitrogens is 2. The molecule has 2 heterocycles. The first kappa shape index (κ1) is 9.68. The molecule has 1 aromatic rings. The van der Waals surface area contributed by atoms with Crippen LogP contribution < -0.4 is 5.32 Å². The van der Waals surface area contributed by atoms with Crippen LogP contribution in [0.25, 0.3) is 0 Å². The quantitative estimate of drug-likeness (QED) is 0.721. The maximum atomic E-state index is 4.25. The van der Waals surface area contributed by atoms with Gasteiger partial charge >= 0.3 is 0 Å². The van der Waals surface area contributed by atoms with Crippen LogP contribution in [0.5, 0.6) is 0 Å². The van der Waals surface area contributed by atoms with E-state index in [1.54, 1.807) is 0 Å². The predicted octanol–water partition coefficient (Wildman–Crippen LogP) is 0.512. The van der Waals surface area contributed by atoms with E-state index >= 15 is 0 Å². The van der Waals surface area contributed by atoms with E-state index in [4.69, 9.17) is 0 Å². The molecular formula is C10H18N4. The Balaban J connectivity index is 1.90. The van der Waals surface area contributed by atoms with Crippen LogP contribution in [0.1, 0.15) is 18.3 Å². The van der Waals surface area contributed by atoms with Gasteiger partial charge in [-0.25, -0.2) is 0 Å². The smallest absolute Gasteiger partial charge is 0.0765 e. The number of rotatable bonds is 2. The fourth-order valence-corrected chi connectivity index (χ4v) is 1.94. The van der Waals surface area contributed by atoms with E-state index in [0.717, 1.165) is 37.6 Å². The molecule has 1 aliphatic heterocycles. The van der Waals surface area contributed by atoms with E-state index in [0.29, 0.717) is 6.04 Å². The first-order valence-electron chi connectivity index (χ1n) is 5.20. The van der Waals surface area contributed by atoms with Crippen molar-refractivity contribution in [2.24, 2.45) is 0 Å². The van der Waals surface area contributed by atoms with Gasteiger partial charge in [0.25, 0.3) is 0 Å². The molecule has 2 rings (SSSR count). The molecule has 4 nitrogen and oxygen atoms in total. The third kappa shape index (κ3) is 2.33. The van der Waals surface area contributed by atoms with Crippen molar-refractivity contribution in [3.63, 3.8) is 0 Å². The summed E-state index contributed by atoms with van der Waals surface area (Å²) in [6.07, 6.45) is 0. The van der Waals surface area contributed by atoms with Crippen molar-refractivity contribution >= 4 is 0 Å². The standard InChI is InChI=1S/C10H18N4/c1-8-5-10(13-12-8)7-14-4-3-11-9(2)6-14/h5,9,11H,3-4,6-7H2,1-2H3,(H,12,13). The van der Waals surface area contributed by atoms with Crippen LogP contribution in [0.2, 0.25) is 0 Å². The Bertz CT molecular complexity index is 294. The average Bonchev–Trinajstić information content (AvgIpc) is 2.51. The van der Waals surface area contributed by atoms with E-state index in [1.807, 2.05) is 6.92 Å². The summed E-state index contributed by atoms with van der Waals surface area (Å²) in [4.78, 5) is 2.44. The second-order valence-electron chi connectivity index (χ2n) is 4.13. The highest BCUT2D eigenvalue weighted by Gasteiger charge is 2.16. The molecule has 1 aromatic heterocycles. The van der Waals surface area contributed by atoms with Gasteiger partial charge in [0, 0.05) is 37.9 Å². The Hall–Kier alpha value is -0.870. The molecule has 0 bridgehead atoms. The minimum Gasteiger partial charge on any atom is -0.312 e. The minimum absolute atomic E-state index is 0.601. The SMILES string of the molecule is Cc1cc(CN2CCNC(C)C2)n[nH]1. The lowest BCUT2D eigenvalue weighted by molar-refractivity contribution is 0.197. The molecule has 0 aromatic carbocycles. The molecule has 2 N–H and O–H groups in total. The number of nitrogens with zero attached hydrogens (tertiary/aromatic N) is 2. The molecule has 0 saturated carbocycles. The molecule has 1 aliphatic rings. The second kappa shape index (κ2) is 4.11. The van der Waals surface area contributed by atoms with Gasteiger partial charge in [0.15, 0.2) is 0 Å². The number of aryl methyl sites for hydroxylation is 1. The van der Waals surface area contributed by atoms with E-state index in [1.165, 1.54) is 0 Å². The van der Waals surface area contributed by atoms with Gasteiger partial charge in [0.1, 0.15) is 0 Å². The summed E-state index contributed by atoms with van der Waals surface area (Å²) >= 11 is 0. The Morgan fingerprint density at radius 2 is 2.50 bits per heavy atom. The Morgan fingerprint density at radius 1 is 1.64 bits per heavy atom. The minimum atomic E-state index is 0.601. The van der Waals surface area contributed by atoms with Gasteiger partial charge in [-0.05, 0) is 19.9 Å². The second-order valence-corrected chi connectivity index (χ2v) is 4.13. The predicted molar refractivity (Wildman–Crippen MR) is 56.1 cm³/mol. The number of H-pyrrole nitrogens is 1. The van der Waals surface area contributed by atoms with Crippen molar-refractivity contribution in [1.29, 1.82) is 0 Å². The topological polar surface area (TPSA) is 44.0 Å². The zero-order valence-corrected chi connectivity index (χ0v) is 8.88. The van der Waals surface area contributed by atoms with Crippen LogP contribution in [0.15, 0.2) is 6.07 Å². The molecule has 14 heavy (non-hydrogen) atoms. The monoisotopic (exact) mass is 194 g/mol. The maximum Gasteiger partial charge on any atom is 0.0765 e. The Morgan fingerprint density at radius 3 is 3.14 bits per heavy atom. The highest BCUT2D eigenvalue weighted by Crippen LogP contribution is 2.06. The third-order valence-electron chi connectivity index (χ3n) is 2.60. The summed E-state index contributed by atoms with van der Waals surface area (Å²) in [5, 5.41) is 10.7. The highest BCUT2D eigenvalue weighted by molar-refractivity contribution is 5.06. The lowest BCUT2D eigenvalue weighted by Gasteiger charge is -2.31. The van der Waals surface area contributed by atoms with Crippen LogP contribution >= 0.6 is 0 Å². The van der Waals surface area contributed by atoms with Crippen LogP contribution in [-0.2, 0) is 6.54 Å². The Kier molecular flexibility index (Phi) is 2.84. The van der Waals surface area contributed by atoms with Crippen LogP contribution in [0.3, 0.4) is 0 Å². The zero-order valence-electron chi connectivity index (χ0n) is 8.88. The zero-order chi connectivity index (χ0) is 9.97. The fraction of sp³-hybridized carbons (Fsp3) is 0.700. The van der Waals surface area contributed by atoms with E-state index < -0.39 is 0 Å². The van der Waals surface area contributed by atoms with Gasteiger partial charge in [-0.1, -0.05) is 0 Å². The number of hydrogen-bond donors (Lipinski definition) is 2. The van der Waals surface area contributed by atoms with Gasteiger partial charge in [0.2, 0.25) is 0 Å². The van der Waals surface area contributed by atoms with Crippen LogP contribution in [0, 0.1) is 6.92 Å². The largest absolute Gasteiger partial charge is 0.312 e. The lowest BCUT2D eigenvalue weighted by atomic mass is 10.2. The number of nitrogens with one attached hydrogen (secondary N) is 2. The van der Waals surface area contributed by atoms with Crippen molar-refractivity contribution in [3.8, 4) is 0 Å². The molecule has 0 aliphatic carbocycles. The van der Waals surface area contributed by atoms with Crippen LogP contribution in [0.4, 0.5) is 0 Å².